The molecule has 2 N–H and O–H groups in total. The van der Waals surface area contributed by atoms with Gasteiger partial charge in [0.15, 0.2) is 0 Å². The van der Waals surface area contributed by atoms with Gasteiger partial charge in [0, 0.05) is 5.56 Å². The number of hydrogen-bond acceptors (Lipinski definition) is 6. The minimum absolute atomic E-state index is 0.0362. The molecule has 2 aromatic carbocycles. The molecule has 1 amide bonds. The van der Waals surface area contributed by atoms with Gasteiger partial charge in [0.25, 0.3) is 5.91 Å². The molecule has 25 heavy (non-hydrogen) atoms. The molecule has 0 aliphatic rings. The summed E-state index contributed by atoms with van der Waals surface area (Å²) in [4.78, 5) is 12.3. The number of methoxy groups -OCH3 is 1. The first kappa shape index (κ1) is 16.4. The summed E-state index contributed by atoms with van der Waals surface area (Å²) in [5.41, 5.74) is 4.35. The third kappa shape index (κ3) is 3.42. The quantitative estimate of drug-likeness (QED) is 0.546. The first-order valence-electron chi connectivity index (χ1n) is 7.60. The number of phenols is 1. The SMILES string of the molecule is COc1ccc(O)c(/C=N/NC(=O)[C@H](C)n2nnc3ccccc32)c1. The fourth-order valence-corrected chi connectivity index (χ4v) is 2.31. The monoisotopic (exact) mass is 339 g/mol. The molecule has 8 heteroatoms. The number of phenolic OH excluding ortho intramolecular Hbond substituents is 1. The summed E-state index contributed by atoms with van der Waals surface area (Å²) in [5.74, 6) is 0.261. The lowest BCUT2D eigenvalue weighted by molar-refractivity contribution is -0.124. The number of carbonyl (C=O) groups is 1. The molecule has 128 valence electrons. The van der Waals surface area contributed by atoms with Crippen molar-refractivity contribution < 1.29 is 14.6 Å². The van der Waals surface area contributed by atoms with E-state index in [4.69, 9.17) is 4.74 Å². The number of amides is 1. The van der Waals surface area contributed by atoms with Crippen LogP contribution in [0, 0.1) is 0 Å². The van der Waals surface area contributed by atoms with E-state index in [9.17, 15) is 9.90 Å². The zero-order chi connectivity index (χ0) is 17.8. The third-order valence-corrected chi connectivity index (χ3v) is 3.74. The first-order chi connectivity index (χ1) is 12.1. The topological polar surface area (TPSA) is 102 Å². The number of hydrazone groups is 1. The molecular weight excluding hydrogens is 322 g/mol. The van der Waals surface area contributed by atoms with Crippen LogP contribution >= 0.6 is 0 Å². The number of rotatable bonds is 5. The van der Waals surface area contributed by atoms with E-state index >= 15 is 0 Å². The number of fused-ring (bicyclic) bond motifs is 1. The smallest absolute Gasteiger partial charge is 0.264 e. The fraction of sp³-hybridized carbons (Fsp3) is 0.176. The van der Waals surface area contributed by atoms with Crippen molar-refractivity contribution in [2.75, 3.05) is 7.11 Å². The highest BCUT2D eigenvalue weighted by Crippen LogP contribution is 2.21. The highest BCUT2D eigenvalue weighted by Gasteiger charge is 2.18. The predicted molar refractivity (Wildman–Crippen MR) is 92.6 cm³/mol. The van der Waals surface area contributed by atoms with Crippen molar-refractivity contribution in [3.05, 3.63) is 48.0 Å². The van der Waals surface area contributed by atoms with Crippen molar-refractivity contribution in [1.82, 2.24) is 20.4 Å². The van der Waals surface area contributed by atoms with Gasteiger partial charge in [-0.2, -0.15) is 5.10 Å². The lowest BCUT2D eigenvalue weighted by atomic mass is 10.2. The predicted octanol–water partition coefficient (Wildman–Crippen LogP) is 1.86. The van der Waals surface area contributed by atoms with Crippen molar-refractivity contribution in [2.45, 2.75) is 13.0 Å². The van der Waals surface area contributed by atoms with Crippen LogP contribution in [0.4, 0.5) is 0 Å². The van der Waals surface area contributed by atoms with Crippen molar-refractivity contribution in [3.8, 4) is 11.5 Å². The maximum absolute atomic E-state index is 12.3. The van der Waals surface area contributed by atoms with Gasteiger partial charge in [-0.3, -0.25) is 4.79 Å². The number of ether oxygens (including phenoxy) is 1. The Balaban J connectivity index is 1.72. The molecule has 0 aliphatic heterocycles. The lowest BCUT2D eigenvalue weighted by Gasteiger charge is -2.10. The number of aromatic nitrogens is 3. The van der Waals surface area contributed by atoms with Gasteiger partial charge in [0.1, 0.15) is 23.1 Å². The number of carbonyl (C=O) groups excluding carboxylic acids is 1. The van der Waals surface area contributed by atoms with E-state index in [-0.39, 0.29) is 11.7 Å². The zero-order valence-corrected chi connectivity index (χ0v) is 13.7. The second-order valence-electron chi connectivity index (χ2n) is 5.36. The van der Waals surface area contributed by atoms with Gasteiger partial charge >= 0.3 is 0 Å². The van der Waals surface area contributed by atoms with Crippen molar-refractivity contribution >= 4 is 23.2 Å². The maximum Gasteiger partial charge on any atom is 0.264 e. The summed E-state index contributed by atoms with van der Waals surface area (Å²) in [7, 11) is 1.53. The summed E-state index contributed by atoms with van der Waals surface area (Å²) < 4.78 is 6.62. The number of nitrogens with zero attached hydrogens (tertiary/aromatic N) is 4. The number of para-hydroxylation sites is 1. The average Bonchev–Trinajstić information content (AvgIpc) is 3.06. The molecule has 0 radical (unpaired) electrons. The van der Waals surface area contributed by atoms with Crippen LogP contribution in [0.2, 0.25) is 0 Å². The zero-order valence-electron chi connectivity index (χ0n) is 13.7. The Morgan fingerprint density at radius 1 is 1.36 bits per heavy atom. The largest absolute Gasteiger partial charge is 0.507 e. The summed E-state index contributed by atoms with van der Waals surface area (Å²) >= 11 is 0. The molecule has 1 atom stereocenters. The van der Waals surface area contributed by atoms with Crippen LogP contribution in [-0.2, 0) is 4.79 Å². The van der Waals surface area contributed by atoms with Crippen LogP contribution in [0.3, 0.4) is 0 Å². The van der Waals surface area contributed by atoms with E-state index in [2.05, 4.69) is 20.8 Å². The number of nitrogens with one attached hydrogen (secondary N) is 1. The minimum Gasteiger partial charge on any atom is -0.507 e. The van der Waals surface area contributed by atoms with Gasteiger partial charge < -0.3 is 9.84 Å². The molecule has 0 fully saturated rings. The van der Waals surface area contributed by atoms with Gasteiger partial charge in [-0.15, -0.1) is 5.10 Å². The molecule has 0 spiro atoms. The van der Waals surface area contributed by atoms with Crippen LogP contribution in [0.25, 0.3) is 11.0 Å². The molecule has 3 aromatic rings. The molecule has 1 heterocycles. The maximum atomic E-state index is 12.3. The van der Waals surface area contributed by atoms with E-state index in [0.717, 1.165) is 5.52 Å². The highest BCUT2D eigenvalue weighted by molar-refractivity contribution is 5.87. The summed E-state index contributed by atoms with van der Waals surface area (Å²) in [6, 6.07) is 11.5. The fourth-order valence-electron chi connectivity index (χ4n) is 2.31. The Hall–Kier alpha value is -3.42. The Kier molecular flexibility index (Phi) is 4.60. The summed E-state index contributed by atoms with van der Waals surface area (Å²) in [6.45, 7) is 1.70. The van der Waals surface area contributed by atoms with Crippen LogP contribution in [0.1, 0.15) is 18.5 Å². The lowest BCUT2D eigenvalue weighted by Crippen LogP contribution is -2.28. The first-order valence-corrected chi connectivity index (χ1v) is 7.60. The average molecular weight is 339 g/mol. The Morgan fingerprint density at radius 3 is 2.96 bits per heavy atom. The highest BCUT2D eigenvalue weighted by atomic mass is 16.5. The third-order valence-electron chi connectivity index (χ3n) is 3.74. The Labute approximate surface area is 143 Å². The molecule has 0 unspecified atom stereocenters. The molecule has 1 aromatic heterocycles. The summed E-state index contributed by atoms with van der Waals surface area (Å²) in [6.07, 6.45) is 1.35. The van der Waals surface area contributed by atoms with Crippen LogP contribution in [-0.4, -0.2) is 39.3 Å². The molecule has 0 saturated carbocycles. The Bertz CT molecular complexity index is 935. The van der Waals surface area contributed by atoms with E-state index in [0.29, 0.717) is 16.8 Å². The van der Waals surface area contributed by atoms with Crippen LogP contribution in [0.5, 0.6) is 11.5 Å². The van der Waals surface area contributed by atoms with Gasteiger partial charge in [0.05, 0.1) is 18.8 Å². The van der Waals surface area contributed by atoms with Crippen LogP contribution in [0.15, 0.2) is 47.6 Å². The van der Waals surface area contributed by atoms with E-state index in [1.165, 1.54) is 24.1 Å². The van der Waals surface area contributed by atoms with Crippen molar-refractivity contribution in [3.63, 3.8) is 0 Å². The normalized spacial score (nSPS) is 12.4. The van der Waals surface area contributed by atoms with Crippen molar-refractivity contribution in [1.29, 1.82) is 0 Å². The molecule has 0 saturated heterocycles. The Morgan fingerprint density at radius 2 is 2.16 bits per heavy atom. The standard InChI is InChI=1S/C17H17N5O3/c1-11(22-15-6-4-3-5-14(15)19-21-22)17(24)20-18-10-12-9-13(25-2)7-8-16(12)23/h3-11,23H,1-2H3,(H,20,24)/b18-10+/t11-/m0/s1. The van der Waals surface area contributed by atoms with Gasteiger partial charge in [-0.05, 0) is 37.3 Å². The van der Waals surface area contributed by atoms with E-state index in [1.54, 1.807) is 19.1 Å². The number of aromatic hydroxyl groups is 1. The summed E-state index contributed by atoms with van der Waals surface area (Å²) in [5, 5.41) is 21.7. The van der Waals surface area contributed by atoms with Gasteiger partial charge in [-0.1, -0.05) is 17.3 Å². The molecular formula is C17H17N5O3. The number of hydrogen-bond donors (Lipinski definition) is 2. The second-order valence-corrected chi connectivity index (χ2v) is 5.36. The molecule has 8 nitrogen and oxygen atoms in total. The van der Waals surface area contributed by atoms with Gasteiger partial charge in [0.2, 0.25) is 0 Å². The molecule has 0 bridgehead atoms. The minimum atomic E-state index is -0.594. The van der Waals surface area contributed by atoms with E-state index < -0.39 is 6.04 Å². The molecule has 0 aliphatic carbocycles. The van der Waals surface area contributed by atoms with Gasteiger partial charge in [-0.25, -0.2) is 10.1 Å². The molecule has 3 rings (SSSR count). The van der Waals surface area contributed by atoms with Crippen molar-refractivity contribution in [2.24, 2.45) is 5.10 Å². The van der Waals surface area contributed by atoms with Crippen LogP contribution < -0.4 is 10.2 Å². The second kappa shape index (κ2) is 7.00. The number of benzene rings is 2. The van der Waals surface area contributed by atoms with E-state index in [1.807, 2.05) is 24.3 Å².